The van der Waals surface area contributed by atoms with Crippen LogP contribution in [0.25, 0.3) is 33.0 Å². The van der Waals surface area contributed by atoms with Crippen LogP contribution in [0.2, 0.25) is 0 Å². The molecule has 6 aromatic carbocycles. The topological polar surface area (TPSA) is 0 Å². The van der Waals surface area contributed by atoms with E-state index in [4.69, 9.17) is 0 Å². The minimum absolute atomic E-state index is 0.363. The zero-order chi connectivity index (χ0) is 24.1. The predicted octanol–water partition coefficient (Wildman–Crippen LogP) is 9.18. The maximum absolute atomic E-state index is 2.44. The lowest BCUT2D eigenvalue weighted by Crippen LogP contribution is -2.28. The first kappa shape index (κ1) is 20.9. The molecule has 0 fully saturated rings. The van der Waals surface area contributed by atoms with Gasteiger partial charge in [0, 0.05) is 0 Å². The lowest BCUT2D eigenvalue weighted by atomic mass is 9.67. The molecule has 0 saturated carbocycles. The summed E-state index contributed by atoms with van der Waals surface area (Å²) in [6.07, 6.45) is 0. The molecule has 1 aliphatic carbocycles. The lowest BCUT2D eigenvalue weighted by molar-refractivity contribution is 0.769. The highest BCUT2D eigenvalue weighted by molar-refractivity contribution is 5.91. The maximum Gasteiger partial charge on any atom is 0.0713 e. The third kappa shape index (κ3) is 3.01. The SMILES string of the molecule is Cc1ccc2ccc(-c3ccc4c(c3)C(c3ccccc3)(c3ccccc3)c3ccccc3-4)cc2c1. The molecule has 0 spiro atoms. The predicted molar refractivity (Wildman–Crippen MR) is 151 cm³/mol. The second-order valence-corrected chi connectivity index (χ2v) is 9.85. The van der Waals surface area contributed by atoms with Gasteiger partial charge in [0.2, 0.25) is 0 Å². The summed E-state index contributed by atoms with van der Waals surface area (Å²) in [5.74, 6) is 0. The van der Waals surface area contributed by atoms with Crippen LogP contribution < -0.4 is 0 Å². The Balaban J connectivity index is 1.54. The first-order valence-corrected chi connectivity index (χ1v) is 12.6. The molecule has 36 heavy (non-hydrogen) atoms. The molecule has 0 saturated heterocycles. The van der Waals surface area contributed by atoms with Crippen LogP contribution in [0.15, 0.2) is 140 Å². The van der Waals surface area contributed by atoms with Gasteiger partial charge in [-0.2, -0.15) is 0 Å². The fourth-order valence-corrected chi connectivity index (χ4v) is 6.17. The number of hydrogen-bond donors (Lipinski definition) is 0. The third-order valence-corrected chi connectivity index (χ3v) is 7.79. The van der Waals surface area contributed by atoms with Gasteiger partial charge in [-0.15, -0.1) is 0 Å². The molecule has 170 valence electrons. The highest BCUT2D eigenvalue weighted by Gasteiger charge is 2.45. The average molecular weight is 459 g/mol. The standard InChI is InChI=1S/C36H26/c1-25-16-17-26-18-19-27(23-29(26)22-25)28-20-21-33-32-14-8-9-15-34(32)36(35(33)24-28,30-10-4-2-5-11-30)31-12-6-3-7-13-31/h2-24H,1H3. The second-order valence-electron chi connectivity index (χ2n) is 9.85. The summed E-state index contributed by atoms with van der Waals surface area (Å²) in [7, 11) is 0. The molecular weight excluding hydrogens is 432 g/mol. The van der Waals surface area contributed by atoms with Crippen LogP contribution >= 0.6 is 0 Å². The Morgan fingerprint density at radius 2 is 1.00 bits per heavy atom. The van der Waals surface area contributed by atoms with Crippen LogP contribution in [0.5, 0.6) is 0 Å². The highest BCUT2D eigenvalue weighted by atomic mass is 14.5. The van der Waals surface area contributed by atoms with Gasteiger partial charge in [0.15, 0.2) is 0 Å². The lowest BCUT2D eigenvalue weighted by Gasteiger charge is -2.34. The van der Waals surface area contributed by atoms with Gasteiger partial charge in [-0.25, -0.2) is 0 Å². The molecule has 0 heterocycles. The normalized spacial score (nSPS) is 13.4. The van der Waals surface area contributed by atoms with E-state index in [0.29, 0.717) is 0 Å². The Hall–Kier alpha value is -4.42. The zero-order valence-electron chi connectivity index (χ0n) is 20.3. The van der Waals surface area contributed by atoms with Crippen molar-refractivity contribution in [3.05, 3.63) is 167 Å². The molecule has 0 bridgehead atoms. The van der Waals surface area contributed by atoms with Crippen molar-refractivity contribution < 1.29 is 0 Å². The molecule has 0 aliphatic heterocycles. The molecule has 0 N–H and O–H groups in total. The number of fused-ring (bicyclic) bond motifs is 4. The molecule has 1 aliphatic rings. The smallest absolute Gasteiger partial charge is 0.0622 e. The molecule has 0 atom stereocenters. The van der Waals surface area contributed by atoms with Crippen molar-refractivity contribution in [1.82, 2.24) is 0 Å². The van der Waals surface area contributed by atoms with Gasteiger partial charge < -0.3 is 0 Å². The first-order valence-electron chi connectivity index (χ1n) is 12.6. The second kappa shape index (κ2) is 8.07. The molecule has 0 amide bonds. The van der Waals surface area contributed by atoms with E-state index >= 15 is 0 Å². The van der Waals surface area contributed by atoms with Crippen LogP contribution in [0, 0.1) is 6.92 Å². The van der Waals surface area contributed by atoms with Crippen molar-refractivity contribution in [3.63, 3.8) is 0 Å². The largest absolute Gasteiger partial charge is 0.0713 e. The quantitative estimate of drug-likeness (QED) is 0.248. The van der Waals surface area contributed by atoms with Crippen LogP contribution in [0.1, 0.15) is 27.8 Å². The summed E-state index contributed by atoms with van der Waals surface area (Å²) in [6.45, 7) is 2.16. The summed E-state index contributed by atoms with van der Waals surface area (Å²) < 4.78 is 0. The minimum atomic E-state index is -0.363. The van der Waals surface area contributed by atoms with Gasteiger partial charge in [0.1, 0.15) is 0 Å². The van der Waals surface area contributed by atoms with Crippen molar-refractivity contribution in [2.75, 3.05) is 0 Å². The van der Waals surface area contributed by atoms with Gasteiger partial charge in [-0.3, -0.25) is 0 Å². The molecular formula is C36H26. The molecule has 0 aromatic heterocycles. The van der Waals surface area contributed by atoms with E-state index in [1.54, 1.807) is 0 Å². The highest BCUT2D eigenvalue weighted by Crippen LogP contribution is 2.56. The van der Waals surface area contributed by atoms with E-state index in [2.05, 4.69) is 146 Å². The fraction of sp³-hybridized carbons (Fsp3) is 0.0556. The van der Waals surface area contributed by atoms with Gasteiger partial charge in [0.25, 0.3) is 0 Å². The summed E-state index contributed by atoms with van der Waals surface area (Å²) in [5.41, 5.74) is 11.4. The Bertz CT molecular complexity index is 1690. The van der Waals surface area contributed by atoms with Gasteiger partial charge in [-0.1, -0.05) is 133 Å². The van der Waals surface area contributed by atoms with Crippen molar-refractivity contribution >= 4 is 10.8 Å². The van der Waals surface area contributed by atoms with E-state index in [-0.39, 0.29) is 5.41 Å². The first-order chi connectivity index (χ1) is 17.7. The molecule has 7 rings (SSSR count). The number of rotatable bonds is 3. The summed E-state index contributed by atoms with van der Waals surface area (Å²) in [6, 6.07) is 51.5. The van der Waals surface area contributed by atoms with Gasteiger partial charge in [-0.05, 0) is 74.3 Å². The number of benzene rings is 6. The van der Waals surface area contributed by atoms with Crippen molar-refractivity contribution in [3.8, 4) is 22.3 Å². The summed E-state index contributed by atoms with van der Waals surface area (Å²) in [4.78, 5) is 0. The number of hydrogen-bond acceptors (Lipinski definition) is 0. The van der Waals surface area contributed by atoms with E-state index in [9.17, 15) is 0 Å². The molecule has 6 aromatic rings. The van der Waals surface area contributed by atoms with E-state index in [0.717, 1.165) is 0 Å². The summed E-state index contributed by atoms with van der Waals surface area (Å²) in [5, 5.41) is 2.56. The van der Waals surface area contributed by atoms with Crippen molar-refractivity contribution in [1.29, 1.82) is 0 Å². The van der Waals surface area contributed by atoms with Crippen LogP contribution in [-0.2, 0) is 5.41 Å². The van der Waals surface area contributed by atoms with Crippen LogP contribution in [-0.4, -0.2) is 0 Å². The van der Waals surface area contributed by atoms with Crippen molar-refractivity contribution in [2.45, 2.75) is 12.3 Å². The molecule has 0 heteroatoms. The number of aryl methyl sites for hydroxylation is 1. The fourth-order valence-electron chi connectivity index (χ4n) is 6.17. The zero-order valence-corrected chi connectivity index (χ0v) is 20.3. The van der Waals surface area contributed by atoms with Gasteiger partial charge >= 0.3 is 0 Å². The summed E-state index contributed by atoms with van der Waals surface area (Å²) >= 11 is 0. The van der Waals surface area contributed by atoms with Gasteiger partial charge in [0.05, 0.1) is 5.41 Å². The Morgan fingerprint density at radius 1 is 0.417 bits per heavy atom. The average Bonchev–Trinajstić information content (AvgIpc) is 3.24. The maximum atomic E-state index is 2.44. The Labute approximate surface area is 212 Å². The molecule has 0 unspecified atom stereocenters. The van der Waals surface area contributed by atoms with E-state index in [1.807, 2.05) is 0 Å². The molecule has 0 radical (unpaired) electrons. The third-order valence-electron chi connectivity index (χ3n) is 7.79. The van der Waals surface area contributed by atoms with Crippen LogP contribution in [0.4, 0.5) is 0 Å². The van der Waals surface area contributed by atoms with E-state index in [1.165, 1.54) is 60.8 Å². The Morgan fingerprint density at radius 3 is 1.75 bits per heavy atom. The van der Waals surface area contributed by atoms with Crippen LogP contribution in [0.3, 0.4) is 0 Å². The van der Waals surface area contributed by atoms with Crippen molar-refractivity contribution in [2.24, 2.45) is 0 Å². The van der Waals surface area contributed by atoms with E-state index < -0.39 is 0 Å². The molecule has 0 nitrogen and oxygen atoms in total. The monoisotopic (exact) mass is 458 g/mol. The minimum Gasteiger partial charge on any atom is -0.0622 e. The Kier molecular flexibility index (Phi) is 4.69.